The van der Waals surface area contributed by atoms with Crippen LogP contribution in [0, 0.1) is 0 Å². The summed E-state index contributed by atoms with van der Waals surface area (Å²) in [5.74, 6) is 0.0638. The zero-order valence-electron chi connectivity index (χ0n) is 18.2. The van der Waals surface area contributed by atoms with Crippen molar-refractivity contribution in [1.29, 1.82) is 0 Å². The molecule has 0 saturated heterocycles. The van der Waals surface area contributed by atoms with Gasteiger partial charge in [-0.1, -0.05) is 12.1 Å². The lowest BCUT2D eigenvalue weighted by Gasteiger charge is -2.15. The number of carbonyl (C=O) groups is 3. The van der Waals surface area contributed by atoms with Crippen LogP contribution in [0.4, 0.5) is 10.5 Å². The number of benzene rings is 2. The predicted octanol–water partition coefficient (Wildman–Crippen LogP) is 3.62. The first kappa shape index (κ1) is 24.1. The zero-order chi connectivity index (χ0) is 23.0. The molecule has 0 heterocycles. The van der Waals surface area contributed by atoms with Gasteiger partial charge >= 0.3 is 0 Å². The van der Waals surface area contributed by atoms with Crippen LogP contribution >= 0.6 is 11.8 Å². The van der Waals surface area contributed by atoms with Gasteiger partial charge in [-0.3, -0.25) is 14.4 Å². The van der Waals surface area contributed by atoms with Gasteiger partial charge in [0.2, 0.25) is 0 Å². The third kappa shape index (κ3) is 7.21. The van der Waals surface area contributed by atoms with E-state index in [1.807, 2.05) is 13.8 Å². The second kappa shape index (κ2) is 11.3. The van der Waals surface area contributed by atoms with Crippen molar-refractivity contribution in [1.82, 2.24) is 10.2 Å². The van der Waals surface area contributed by atoms with Crippen molar-refractivity contribution in [2.24, 2.45) is 0 Å². The van der Waals surface area contributed by atoms with E-state index in [9.17, 15) is 14.4 Å². The van der Waals surface area contributed by atoms with Crippen LogP contribution in [0.1, 0.15) is 24.2 Å². The Morgan fingerprint density at radius 2 is 1.77 bits per heavy atom. The quantitative estimate of drug-likeness (QED) is 0.603. The molecular formula is C22H27N3O5S. The summed E-state index contributed by atoms with van der Waals surface area (Å²) in [7, 11) is 4.79. The second-order valence-electron chi connectivity index (χ2n) is 7.09. The lowest BCUT2D eigenvalue weighted by Crippen LogP contribution is -2.34. The molecule has 2 aromatic rings. The molecule has 0 aromatic heterocycles. The maximum absolute atomic E-state index is 12.8. The van der Waals surface area contributed by atoms with Crippen LogP contribution in [0.3, 0.4) is 0 Å². The van der Waals surface area contributed by atoms with E-state index >= 15 is 0 Å². The molecule has 0 aliphatic heterocycles. The normalized spacial score (nSPS) is 10.4. The molecular weight excluding hydrogens is 418 g/mol. The first-order valence-electron chi connectivity index (χ1n) is 9.61. The van der Waals surface area contributed by atoms with Gasteiger partial charge in [-0.05, 0) is 55.9 Å². The molecule has 2 N–H and O–H groups in total. The van der Waals surface area contributed by atoms with Crippen molar-refractivity contribution in [2.75, 3.05) is 33.1 Å². The number of hydrogen-bond acceptors (Lipinski definition) is 6. The number of anilines is 1. The Bertz CT molecular complexity index is 946. The lowest BCUT2D eigenvalue weighted by atomic mass is 10.2. The van der Waals surface area contributed by atoms with Crippen LogP contribution in [-0.4, -0.2) is 55.8 Å². The van der Waals surface area contributed by atoms with E-state index in [-0.39, 0.29) is 29.7 Å². The molecule has 166 valence electrons. The van der Waals surface area contributed by atoms with E-state index < -0.39 is 0 Å². The molecule has 0 radical (unpaired) electrons. The van der Waals surface area contributed by atoms with Gasteiger partial charge in [0.05, 0.1) is 12.8 Å². The van der Waals surface area contributed by atoms with Gasteiger partial charge in [-0.2, -0.15) is 0 Å². The molecule has 0 aliphatic carbocycles. The predicted molar refractivity (Wildman–Crippen MR) is 121 cm³/mol. The first-order valence-corrected chi connectivity index (χ1v) is 10.4. The van der Waals surface area contributed by atoms with E-state index in [2.05, 4.69) is 10.6 Å². The Balaban J connectivity index is 2.13. The highest BCUT2D eigenvalue weighted by Crippen LogP contribution is 2.31. The SMILES string of the molecule is COc1cc(C(=O)Nc2ccccc2SC(=O)N(C)C)ccc1OCC(=O)NC(C)C. The summed E-state index contributed by atoms with van der Waals surface area (Å²) in [5.41, 5.74) is 0.868. The summed E-state index contributed by atoms with van der Waals surface area (Å²) < 4.78 is 10.8. The Morgan fingerprint density at radius 1 is 1.06 bits per heavy atom. The van der Waals surface area contributed by atoms with Crippen LogP contribution in [0.2, 0.25) is 0 Å². The number of hydrogen-bond donors (Lipinski definition) is 2. The molecule has 0 atom stereocenters. The average Bonchev–Trinajstić information content (AvgIpc) is 2.72. The minimum absolute atomic E-state index is 0.0122. The molecule has 0 aliphatic rings. The van der Waals surface area contributed by atoms with E-state index in [0.717, 1.165) is 11.8 Å². The monoisotopic (exact) mass is 445 g/mol. The molecule has 0 unspecified atom stereocenters. The summed E-state index contributed by atoms with van der Waals surface area (Å²) in [4.78, 5) is 38.7. The zero-order valence-corrected chi connectivity index (χ0v) is 19.0. The van der Waals surface area contributed by atoms with Crippen molar-refractivity contribution < 1.29 is 23.9 Å². The van der Waals surface area contributed by atoms with Gasteiger partial charge in [0, 0.05) is 30.6 Å². The number of ether oxygens (including phenoxy) is 2. The molecule has 0 bridgehead atoms. The minimum atomic E-state index is -0.368. The van der Waals surface area contributed by atoms with Crippen molar-refractivity contribution in [3.63, 3.8) is 0 Å². The van der Waals surface area contributed by atoms with E-state index in [1.165, 1.54) is 18.1 Å². The number of amides is 3. The summed E-state index contributed by atoms with van der Waals surface area (Å²) >= 11 is 1.03. The summed E-state index contributed by atoms with van der Waals surface area (Å²) in [5, 5.41) is 5.41. The smallest absolute Gasteiger partial charge is 0.286 e. The van der Waals surface area contributed by atoms with E-state index in [4.69, 9.17) is 9.47 Å². The first-order chi connectivity index (χ1) is 14.7. The van der Waals surface area contributed by atoms with Crippen molar-refractivity contribution >= 4 is 34.5 Å². The number of nitrogens with one attached hydrogen (secondary N) is 2. The second-order valence-corrected chi connectivity index (χ2v) is 8.08. The van der Waals surface area contributed by atoms with Crippen LogP contribution in [0.25, 0.3) is 0 Å². The van der Waals surface area contributed by atoms with Crippen molar-refractivity contribution in [2.45, 2.75) is 24.8 Å². The van der Waals surface area contributed by atoms with Crippen molar-refractivity contribution in [3.8, 4) is 11.5 Å². The number of methoxy groups -OCH3 is 1. The summed E-state index contributed by atoms with van der Waals surface area (Å²) in [6.07, 6.45) is 0. The van der Waals surface area contributed by atoms with Gasteiger partial charge in [0.1, 0.15) is 0 Å². The van der Waals surface area contributed by atoms with Crippen molar-refractivity contribution in [3.05, 3.63) is 48.0 Å². The maximum Gasteiger partial charge on any atom is 0.286 e. The maximum atomic E-state index is 12.8. The number of nitrogens with zero attached hydrogens (tertiary/aromatic N) is 1. The Hall–Kier alpha value is -3.20. The van der Waals surface area contributed by atoms with E-state index in [1.54, 1.807) is 50.5 Å². The molecule has 0 fully saturated rings. The van der Waals surface area contributed by atoms with Gasteiger partial charge in [0.25, 0.3) is 17.1 Å². The van der Waals surface area contributed by atoms with Gasteiger partial charge in [0.15, 0.2) is 18.1 Å². The molecule has 8 nitrogen and oxygen atoms in total. The Labute approximate surface area is 186 Å². The number of thioether (sulfide) groups is 1. The summed E-state index contributed by atoms with van der Waals surface area (Å²) in [6.45, 7) is 3.56. The molecule has 9 heteroatoms. The lowest BCUT2D eigenvalue weighted by molar-refractivity contribution is -0.123. The minimum Gasteiger partial charge on any atom is -0.493 e. The molecule has 31 heavy (non-hydrogen) atoms. The third-order valence-electron chi connectivity index (χ3n) is 3.93. The fourth-order valence-corrected chi connectivity index (χ4v) is 3.22. The molecule has 0 saturated carbocycles. The van der Waals surface area contributed by atoms with Crippen LogP contribution in [0.15, 0.2) is 47.4 Å². The third-order valence-corrected chi connectivity index (χ3v) is 5.05. The summed E-state index contributed by atoms with van der Waals surface area (Å²) in [6, 6.07) is 11.8. The largest absolute Gasteiger partial charge is 0.493 e. The highest BCUT2D eigenvalue weighted by molar-refractivity contribution is 8.13. The molecule has 3 amide bonds. The van der Waals surface area contributed by atoms with Crippen LogP contribution in [0.5, 0.6) is 11.5 Å². The average molecular weight is 446 g/mol. The molecule has 0 spiro atoms. The Morgan fingerprint density at radius 3 is 2.42 bits per heavy atom. The Kier molecular flexibility index (Phi) is 8.75. The topological polar surface area (TPSA) is 97.0 Å². The number of para-hydroxylation sites is 1. The number of carbonyl (C=O) groups excluding carboxylic acids is 3. The van der Waals surface area contributed by atoms with Gasteiger partial charge < -0.3 is 25.0 Å². The van der Waals surface area contributed by atoms with E-state index in [0.29, 0.717) is 27.6 Å². The standard InChI is InChI=1S/C22H27N3O5S/c1-14(2)23-20(26)13-30-17-11-10-15(12-18(17)29-5)21(27)24-16-8-6-7-9-19(16)31-22(28)25(3)4/h6-12,14H,13H2,1-5H3,(H,23,26)(H,24,27). The number of rotatable bonds is 8. The fourth-order valence-electron chi connectivity index (χ4n) is 2.47. The highest BCUT2D eigenvalue weighted by Gasteiger charge is 2.16. The molecule has 2 aromatic carbocycles. The molecule has 2 rings (SSSR count). The van der Waals surface area contributed by atoms with Crippen LogP contribution in [-0.2, 0) is 4.79 Å². The highest BCUT2D eigenvalue weighted by atomic mass is 32.2. The van der Waals surface area contributed by atoms with Gasteiger partial charge in [-0.25, -0.2) is 0 Å². The van der Waals surface area contributed by atoms with Gasteiger partial charge in [-0.15, -0.1) is 0 Å². The fraction of sp³-hybridized carbons (Fsp3) is 0.318. The van der Waals surface area contributed by atoms with Crippen LogP contribution < -0.4 is 20.1 Å².